The number of aryl methyl sites for hydroxylation is 1. The molecule has 1 heterocycles. The largest absolute Gasteiger partial charge is 0.365 e. The van der Waals surface area contributed by atoms with Gasteiger partial charge >= 0.3 is 0 Å². The highest BCUT2D eigenvalue weighted by atomic mass is 16.1. The molecule has 0 saturated heterocycles. The van der Waals surface area contributed by atoms with Crippen LogP contribution in [0.15, 0.2) is 36.5 Å². The topological polar surface area (TPSA) is 68.9 Å². The van der Waals surface area contributed by atoms with Gasteiger partial charge in [0.15, 0.2) is 5.82 Å². The number of benzene rings is 1. The highest BCUT2D eigenvalue weighted by Gasteiger charge is 2.08. The number of nitrogens with two attached hydrogens (primary N) is 1. The first kappa shape index (κ1) is 10.3. The summed E-state index contributed by atoms with van der Waals surface area (Å²) < 4.78 is 0. The normalized spacial score (nSPS) is 10.1. The Hall–Kier alpha value is -2.23. The van der Waals surface area contributed by atoms with Crippen molar-refractivity contribution in [3.05, 3.63) is 47.8 Å². The third-order valence-electron chi connectivity index (χ3n) is 2.28. The van der Waals surface area contributed by atoms with Crippen molar-refractivity contribution in [2.24, 2.45) is 5.73 Å². The minimum absolute atomic E-state index is 0.361. The molecule has 0 bridgehead atoms. The molecule has 0 aliphatic carbocycles. The third kappa shape index (κ3) is 1.91. The van der Waals surface area contributed by atoms with Crippen molar-refractivity contribution in [1.82, 2.24) is 9.97 Å². The Balaban J connectivity index is 2.46. The lowest BCUT2D eigenvalue weighted by atomic mass is 10.2. The van der Waals surface area contributed by atoms with E-state index >= 15 is 0 Å². The van der Waals surface area contributed by atoms with Gasteiger partial charge in [0.05, 0.1) is 11.3 Å². The first-order valence-corrected chi connectivity index (χ1v) is 4.87. The van der Waals surface area contributed by atoms with Crippen LogP contribution in [0.5, 0.6) is 0 Å². The summed E-state index contributed by atoms with van der Waals surface area (Å²) in [5.74, 6) is 0.0974. The molecule has 0 aliphatic heterocycles. The van der Waals surface area contributed by atoms with Gasteiger partial charge in [0, 0.05) is 11.8 Å². The van der Waals surface area contributed by atoms with E-state index < -0.39 is 5.91 Å². The van der Waals surface area contributed by atoms with E-state index in [1.807, 2.05) is 30.3 Å². The summed E-state index contributed by atoms with van der Waals surface area (Å²) in [7, 11) is 0. The van der Waals surface area contributed by atoms with Crippen molar-refractivity contribution < 1.29 is 4.79 Å². The van der Waals surface area contributed by atoms with Crippen molar-refractivity contribution >= 4 is 5.91 Å². The van der Waals surface area contributed by atoms with Crippen molar-refractivity contribution in [2.75, 3.05) is 0 Å². The van der Waals surface area contributed by atoms with Crippen LogP contribution in [0, 0.1) is 6.92 Å². The maximum absolute atomic E-state index is 11.0. The lowest BCUT2D eigenvalue weighted by Crippen LogP contribution is -2.14. The van der Waals surface area contributed by atoms with Crippen LogP contribution < -0.4 is 5.73 Å². The number of carbonyl (C=O) groups is 1. The Morgan fingerprint density at radius 3 is 2.50 bits per heavy atom. The van der Waals surface area contributed by atoms with Crippen LogP contribution in [0.4, 0.5) is 0 Å². The molecule has 1 aromatic heterocycles. The number of hydrogen-bond acceptors (Lipinski definition) is 3. The average Bonchev–Trinajstić information content (AvgIpc) is 2.29. The smallest absolute Gasteiger partial charge is 0.252 e. The number of amides is 1. The zero-order valence-electron chi connectivity index (χ0n) is 8.84. The maximum atomic E-state index is 11.0. The van der Waals surface area contributed by atoms with Gasteiger partial charge in [-0.3, -0.25) is 4.79 Å². The molecule has 0 aliphatic rings. The molecule has 4 nitrogen and oxygen atoms in total. The Morgan fingerprint density at radius 1 is 1.25 bits per heavy atom. The molecule has 0 atom stereocenters. The first-order chi connectivity index (χ1) is 7.68. The van der Waals surface area contributed by atoms with E-state index in [1.54, 1.807) is 6.92 Å². The van der Waals surface area contributed by atoms with Crippen molar-refractivity contribution in [3.63, 3.8) is 0 Å². The van der Waals surface area contributed by atoms with Crippen LogP contribution in [0.2, 0.25) is 0 Å². The number of nitrogens with zero attached hydrogens (tertiary/aromatic N) is 2. The first-order valence-electron chi connectivity index (χ1n) is 4.87. The fraction of sp³-hybridized carbons (Fsp3) is 0.0833. The summed E-state index contributed by atoms with van der Waals surface area (Å²) in [5.41, 5.74) is 7.06. The van der Waals surface area contributed by atoms with Gasteiger partial charge in [-0.1, -0.05) is 30.3 Å². The summed E-state index contributed by atoms with van der Waals surface area (Å²) in [4.78, 5) is 19.4. The molecule has 1 aromatic carbocycles. The number of primary amides is 1. The molecule has 0 saturated carbocycles. The quantitative estimate of drug-likeness (QED) is 0.822. The predicted octanol–water partition coefficient (Wildman–Crippen LogP) is 1.55. The Morgan fingerprint density at radius 2 is 1.94 bits per heavy atom. The lowest BCUT2D eigenvalue weighted by Gasteiger charge is -2.03. The van der Waals surface area contributed by atoms with Crippen LogP contribution in [0.3, 0.4) is 0 Å². The number of hydrogen-bond donors (Lipinski definition) is 1. The SMILES string of the molecule is Cc1nc(-c2ccccc2)ncc1C(N)=O. The number of aromatic nitrogens is 2. The van der Waals surface area contributed by atoms with Gasteiger partial charge in [0.25, 0.3) is 5.91 Å². The van der Waals surface area contributed by atoms with E-state index in [1.165, 1.54) is 6.20 Å². The average molecular weight is 213 g/mol. The van der Waals surface area contributed by atoms with Crippen LogP contribution in [-0.2, 0) is 0 Å². The van der Waals surface area contributed by atoms with Gasteiger partial charge in [0.2, 0.25) is 0 Å². The molecule has 80 valence electrons. The van der Waals surface area contributed by atoms with Crippen LogP contribution in [-0.4, -0.2) is 15.9 Å². The molecule has 0 radical (unpaired) electrons. The van der Waals surface area contributed by atoms with Crippen molar-refractivity contribution in [2.45, 2.75) is 6.92 Å². The molecule has 16 heavy (non-hydrogen) atoms. The molecular weight excluding hydrogens is 202 g/mol. The van der Waals surface area contributed by atoms with Crippen molar-refractivity contribution in [1.29, 1.82) is 0 Å². The minimum Gasteiger partial charge on any atom is -0.365 e. The molecular formula is C12H11N3O. The molecule has 2 rings (SSSR count). The maximum Gasteiger partial charge on any atom is 0.252 e. The van der Waals surface area contributed by atoms with Crippen molar-refractivity contribution in [3.8, 4) is 11.4 Å². The highest BCUT2D eigenvalue weighted by molar-refractivity contribution is 5.93. The summed E-state index contributed by atoms with van der Waals surface area (Å²) in [6, 6.07) is 9.58. The van der Waals surface area contributed by atoms with Gasteiger partial charge in [-0.2, -0.15) is 0 Å². The van der Waals surface area contributed by atoms with Gasteiger partial charge in [-0.15, -0.1) is 0 Å². The van der Waals surface area contributed by atoms with Gasteiger partial charge in [-0.25, -0.2) is 9.97 Å². The molecule has 0 fully saturated rings. The zero-order valence-corrected chi connectivity index (χ0v) is 8.84. The van der Waals surface area contributed by atoms with Gasteiger partial charge in [0.1, 0.15) is 0 Å². The highest BCUT2D eigenvalue weighted by Crippen LogP contribution is 2.15. The molecule has 2 N–H and O–H groups in total. The summed E-state index contributed by atoms with van der Waals surface area (Å²) >= 11 is 0. The van der Waals surface area contributed by atoms with Gasteiger partial charge < -0.3 is 5.73 Å². The minimum atomic E-state index is -0.503. The second-order valence-corrected chi connectivity index (χ2v) is 3.42. The lowest BCUT2D eigenvalue weighted by molar-refractivity contribution is 0.0999. The molecule has 1 amide bonds. The van der Waals surface area contributed by atoms with E-state index in [0.29, 0.717) is 17.1 Å². The third-order valence-corrected chi connectivity index (χ3v) is 2.28. The number of rotatable bonds is 2. The van der Waals surface area contributed by atoms with E-state index in [4.69, 9.17) is 5.73 Å². The van der Waals surface area contributed by atoms with E-state index in [2.05, 4.69) is 9.97 Å². The summed E-state index contributed by atoms with van der Waals surface area (Å²) in [6.45, 7) is 1.74. The Labute approximate surface area is 93.2 Å². The van der Waals surface area contributed by atoms with E-state index in [9.17, 15) is 4.79 Å². The molecule has 2 aromatic rings. The van der Waals surface area contributed by atoms with Crippen LogP contribution >= 0.6 is 0 Å². The molecule has 4 heteroatoms. The van der Waals surface area contributed by atoms with Crippen LogP contribution in [0.25, 0.3) is 11.4 Å². The number of carbonyl (C=O) groups excluding carboxylic acids is 1. The second-order valence-electron chi connectivity index (χ2n) is 3.42. The summed E-state index contributed by atoms with van der Waals surface area (Å²) in [5, 5.41) is 0. The van der Waals surface area contributed by atoms with Crippen LogP contribution in [0.1, 0.15) is 16.1 Å². The fourth-order valence-corrected chi connectivity index (χ4v) is 1.44. The van der Waals surface area contributed by atoms with E-state index in [-0.39, 0.29) is 0 Å². The standard InChI is InChI=1S/C12H11N3O/c1-8-10(11(13)16)7-14-12(15-8)9-5-3-2-4-6-9/h2-7H,1H3,(H2,13,16). The molecule has 0 spiro atoms. The second kappa shape index (κ2) is 4.10. The predicted molar refractivity (Wildman–Crippen MR) is 60.7 cm³/mol. The Kier molecular flexibility index (Phi) is 2.64. The fourth-order valence-electron chi connectivity index (χ4n) is 1.44. The Bertz CT molecular complexity index is 523. The summed E-state index contributed by atoms with van der Waals surface area (Å²) in [6.07, 6.45) is 1.47. The van der Waals surface area contributed by atoms with Gasteiger partial charge in [-0.05, 0) is 6.92 Å². The zero-order chi connectivity index (χ0) is 11.5. The molecule has 0 unspecified atom stereocenters. The monoisotopic (exact) mass is 213 g/mol. The van der Waals surface area contributed by atoms with E-state index in [0.717, 1.165) is 5.56 Å².